The van der Waals surface area contributed by atoms with Gasteiger partial charge in [0.05, 0.1) is 0 Å². The molecule has 6 aromatic rings. The van der Waals surface area contributed by atoms with E-state index in [4.69, 9.17) is 28.4 Å². The van der Waals surface area contributed by atoms with Crippen molar-refractivity contribution >= 4 is 11.9 Å². The standard InChI is InChI=1S/C57H60O8/c1-9-53(58)64-51(37-60-47-29-21-43(22-30-47)55(3,4)41-17-13-11-14-18-41)39-62-49-33-25-45(26-34-49)57(7,8)46-27-35-50(36-28-46)63-40-52(65-54(59)10-2)38-61-48-31-23-44(24-32-48)56(5,6)42-19-15-12-16-20-42/h9-36,51-52H,1-2,37-40H2,3-8H3. The van der Waals surface area contributed by atoms with Gasteiger partial charge in [-0.1, -0.05) is 164 Å². The lowest BCUT2D eigenvalue weighted by atomic mass is 9.78. The molecule has 336 valence electrons. The Kier molecular flexibility index (Phi) is 15.7. The van der Waals surface area contributed by atoms with E-state index >= 15 is 0 Å². The first-order valence-corrected chi connectivity index (χ1v) is 21.9. The summed E-state index contributed by atoms with van der Waals surface area (Å²) < 4.78 is 35.5. The molecule has 65 heavy (non-hydrogen) atoms. The minimum absolute atomic E-state index is 0.0868. The van der Waals surface area contributed by atoms with Crippen molar-refractivity contribution in [3.05, 3.63) is 216 Å². The molecule has 6 aromatic carbocycles. The Balaban J connectivity index is 1.01. The lowest BCUT2D eigenvalue weighted by Crippen LogP contribution is -2.30. The largest absolute Gasteiger partial charge is 0.490 e. The summed E-state index contributed by atoms with van der Waals surface area (Å²) in [6.45, 7) is 20.5. The van der Waals surface area contributed by atoms with Crippen LogP contribution in [0.15, 0.2) is 183 Å². The predicted octanol–water partition coefficient (Wildman–Crippen LogP) is 11.8. The fourth-order valence-corrected chi connectivity index (χ4v) is 7.49. The third kappa shape index (κ3) is 12.6. The third-order valence-corrected chi connectivity index (χ3v) is 11.9. The molecule has 0 spiro atoms. The summed E-state index contributed by atoms with van der Waals surface area (Å²) in [6, 6.07) is 52.4. The third-order valence-electron chi connectivity index (χ3n) is 11.9. The van der Waals surface area contributed by atoms with Crippen molar-refractivity contribution in [2.24, 2.45) is 0 Å². The molecule has 2 atom stereocenters. The van der Waals surface area contributed by atoms with E-state index in [-0.39, 0.29) is 42.7 Å². The molecule has 0 aromatic heterocycles. The lowest BCUT2D eigenvalue weighted by molar-refractivity contribution is -0.147. The molecule has 0 fully saturated rings. The van der Waals surface area contributed by atoms with E-state index in [2.05, 4.69) is 103 Å². The molecule has 0 saturated heterocycles. The maximum absolute atomic E-state index is 12.2. The van der Waals surface area contributed by atoms with E-state index in [1.165, 1.54) is 11.1 Å². The minimum atomic E-state index is -0.676. The number of ether oxygens (including phenoxy) is 6. The van der Waals surface area contributed by atoms with Crippen molar-refractivity contribution in [2.45, 2.75) is 70.0 Å². The quantitative estimate of drug-likeness (QED) is 0.0492. The van der Waals surface area contributed by atoms with Crippen LogP contribution in [0.1, 0.15) is 74.9 Å². The molecule has 0 amide bonds. The molecule has 8 heteroatoms. The van der Waals surface area contributed by atoms with Gasteiger partial charge in [-0.05, 0) is 81.9 Å². The van der Waals surface area contributed by atoms with Crippen LogP contribution in [0, 0.1) is 0 Å². The van der Waals surface area contributed by atoms with Gasteiger partial charge in [0.25, 0.3) is 0 Å². The molecule has 0 bridgehead atoms. The van der Waals surface area contributed by atoms with Crippen molar-refractivity contribution in [2.75, 3.05) is 26.4 Å². The maximum atomic E-state index is 12.2. The molecule has 0 radical (unpaired) electrons. The van der Waals surface area contributed by atoms with Crippen molar-refractivity contribution in [1.82, 2.24) is 0 Å². The van der Waals surface area contributed by atoms with Crippen LogP contribution in [-0.2, 0) is 35.3 Å². The Morgan fingerprint density at radius 1 is 0.385 bits per heavy atom. The number of benzene rings is 6. The van der Waals surface area contributed by atoms with Crippen molar-refractivity contribution < 1.29 is 38.0 Å². The lowest BCUT2D eigenvalue weighted by Gasteiger charge is -2.27. The Hall–Kier alpha value is -7.06. The normalized spacial score (nSPS) is 12.5. The summed E-state index contributed by atoms with van der Waals surface area (Å²) in [5, 5.41) is 0. The van der Waals surface area contributed by atoms with Gasteiger partial charge >= 0.3 is 11.9 Å². The Labute approximate surface area is 384 Å². The highest BCUT2D eigenvalue weighted by atomic mass is 16.6. The molecule has 0 aliphatic carbocycles. The van der Waals surface area contributed by atoms with Crippen LogP contribution >= 0.6 is 0 Å². The summed E-state index contributed by atoms with van der Waals surface area (Å²) in [7, 11) is 0. The number of carbonyl (C=O) groups excluding carboxylic acids is 2. The van der Waals surface area contributed by atoms with Gasteiger partial charge in [-0.15, -0.1) is 0 Å². The average Bonchev–Trinajstić information content (AvgIpc) is 3.34. The molecule has 0 saturated carbocycles. The van der Waals surface area contributed by atoms with E-state index in [0.29, 0.717) is 23.0 Å². The molecule has 2 unspecified atom stereocenters. The maximum Gasteiger partial charge on any atom is 0.330 e. The predicted molar refractivity (Wildman–Crippen MR) is 257 cm³/mol. The average molecular weight is 873 g/mol. The molecule has 0 aliphatic rings. The van der Waals surface area contributed by atoms with Gasteiger partial charge in [0.15, 0.2) is 12.2 Å². The van der Waals surface area contributed by atoms with Gasteiger partial charge in [-0.2, -0.15) is 0 Å². The second kappa shape index (κ2) is 21.5. The second-order valence-electron chi connectivity index (χ2n) is 17.5. The topological polar surface area (TPSA) is 89.5 Å². The molecular weight excluding hydrogens is 813 g/mol. The first-order valence-electron chi connectivity index (χ1n) is 21.9. The highest BCUT2D eigenvalue weighted by Gasteiger charge is 2.26. The van der Waals surface area contributed by atoms with E-state index < -0.39 is 24.1 Å². The second-order valence-corrected chi connectivity index (χ2v) is 17.5. The van der Waals surface area contributed by atoms with Crippen LogP contribution < -0.4 is 18.9 Å². The summed E-state index contributed by atoms with van der Waals surface area (Å²) >= 11 is 0. The summed E-state index contributed by atoms with van der Waals surface area (Å²) in [6.07, 6.45) is 0.909. The van der Waals surface area contributed by atoms with E-state index in [0.717, 1.165) is 34.4 Å². The van der Waals surface area contributed by atoms with Crippen molar-refractivity contribution in [3.63, 3.8) is 0 Å². The zero-order valence-electron chi connectivity index (χ0n) is 38.3. The number of esters is 2. The van der Waals surface area contributed by atoms with Gasteiger partial charge in [-0.25, -0.2) is 9.59 Å². The molecule has 0 N–H and O–H groups in total. The highest BCUT2D eigenvalue weighted by molar-refractivity contribution is 5.81. The van der Waals surface area contributed by atoms with E-state index in [1.807, 2.05) is 109 Å². The van der Waals surface area contributed by atoms with Crippen LogP contribution in [-0.4, -0.2) is 50.6 Å². The smallest absolute Gasteiger partial charge is 0.330 e. The Morgan fingerprint density at radius 3 is 0.815 bits per heavy atom. The zero-order valence-corrected chi connectivity index (χ0v) is 38.3. The van der Waals surface area contributed by atoms with Gasteiger partial charge in [-0.3, -0.25) is 0 Å². The van der Waals surface area contributed by atoms with Gasteiger partial charge in [0, 0.05) is 28.4 Å². The number of carbonyl (C=O) groups is 2. The SMILES string of the molecule is C=CC(=O)OC(COc1ccc(C(C)(C)c2ccccc2)cc1)COc1ccc(C(C)(C)c2ccc(OCC(COc3ccc(C(C)(C)c4ccccc4)cc3)OC(=O)C=C)cc2)cc1. The van der Waals surface area contributed by atoms with Crippen molar-refractivity contribution in [3.8, 4) is 23.0 Å². The fourth-order valence-electron chi connectivity index (χ4n) is 7.49. The summed E-state index contributed by atoms with van der Waals surface area (Å²) in [5.74, 6) is 1.46. The van der Waals surface area contributed by atoms with Crippen LogP contribution in [0.3, 0.4) is 0 Å². The van der Waals surface area contributed by atoms with Crippen LogP contribution in [0.4, 0.5) is 0 Å². The number of hydrogen-bond donors (Lipinski definition) is 0. The zero-order chi connectivity index (χ0) is 46.5. The minimum Gasteiger partial charge on any atom is -0.490 e. The summed E-state index contributed by atoms with van der Waals surface area (Å²) in [4.78, 5) is 24.4. The molecule has 0 heterocycles. The Bertz CT molecular complexity index is 2280. The molecule has 6 rings (SSSR count). The van der Waals surface area contributed by atoms with Crippen LogP contribution in [0.25, 0.3) is 0 Å². The Morgan fingerprint density at radius 2 is 0.600 bits per heavy atom. The van der Waals surface area contributed by atoms with Gasteiger partial charge in [0.1, 0.15) is 49.4 Å². The first kappa shape index (κ1) is 47.4. The van der Waals surface area contributed by atoms with Gasteiger partial charge < -0.3 is 28.4 Å². The first-order chi connectivity index (χ1) is 31.2. The molecule has 8 nitrogen and oxygen atoms in total. The van der Waals surface area contributed by atoms with E-state index in [9.17, 15) is 9.59 Å². The fraction of sp³-hybridized carbons (Fsp3) is 0.263. The van der Waals surface area contributed by atoms with E-state index in [1.54, 1.807) is 0 Å². The van der Waals surface area contributed by atoms with Crippen LogP contribution in [0.2, 0.25) is 0 Å². The molecule has 0 aliphatic heterocycles. The highest BCUT2D eigenvalue weighted by Crippen LogP contribution is 2.35. The van der Waals surface area contributed by atoms with Crippen LogP contribution in [0.5, 0.6) is 23.0 Å². The van der Waals surface area contributed by atoms with Crippen molar-refractivity contribution in [1.29, 1.82) is 0 Å². The molecular formula is C57H60O8. The number of rotatable bonds is 22. The number of hydrogen-bond acceptors (Lipinski definition) is 8. The monoisotopic (exact) mass is 872 g/mol. The van der Waals surface area contributed by atoms with Gasteiger partial charge in [0.2, 0.25) is 0 Å². The summed E-state index contributed by atoms with van der Waals surface area (Å²) in [5.41, 5.74) is 6.19.